The van der Waals surface area contributed by atoms with Gasteiger partial charge in [0.05, 0.1) is 24.6 Å². The maximum absolute atomic E-state index is 13.9. The molecule has 11 nitrogen and oxygen atoms in total. The molecule has 41 heavy (non-hydrogen) atoms. The van der Waals surface area contributed by atoms with Gasteiger partial charge in [0, 0.05) is 69.6 Å². The lowest BCUT2D eigenvalue weighted by molar-refractivity contribution is -0.127. The molecule has 0 unspecified atom stereocenters. The second kappa shape index (κ2) is 10.8. The number of ether oxygens (including phenoxy) is 1. The number of rotatable bonds is 3. The van der Waals surface area contributed by atoms with Crippen molar-refractivity contribution in [2.45, 2.75) is 61.7 Å². The van der Waals surface area contributed by atoms with Gasteiger partial charge < -0.3 is 15.2 Å². The van der Waals surface area contributed by atoms with Crippen molar-refractivity contribution in [3.8, 4) is 16.9 Å². The molecule has 2 aromatic heterocycles. The van der Waals surface area contributed by atoms with Crippen molar-refractivity contribution in [3.63, 3.8) is 0 Å². The van der Waals surface area contributed by atoms with Crippen LogP contribution < -0.4 is 10.1 Å². The normalized spacial score (nSPS) is 24.6. The SMILES string of the molecule is Cc1cccnc1CN1CCC2(CCOc3cc(-c4cnn(C)c4)ccc3S(=O)(=O)N3C[C@H](O)C[C@H]3C(=O)N2)CC1. The number of sulfonamides is 1. The van der Waals surface area contributed by atoms with Crippen LogP contribution in [0.2, 0.25) is 0 Å². The Bertz CT molecular complexity index is 1550. The maximum atomic E-state index is 13.9. The van der Waals surface area contributed by atoms with Gasteiger partial charge in [-0.1, -0.05) is 12.1 Å². The average molecular weight is 581 g/mol. The molecule has 3 aromatic rings. The van der Waals surface area contributed by atoms with Crippen LogP contribution in [0.3, 0.4) is 0 Å². The monoisotopic (exact) mass is 580 g/mol. The first-order valence-electron chi connectivity index (χ1n) is 14.0. The molecular formula is C29H36N6O5S. The molecule has 0 aliphatic carbocycles. The number of piperidine rings is 1. The van der Waals surface area contributed by atoms with E-state index in [1.54, 1.807) is 23.0 Å². The van der Waals surface area contributed by atoms with Gasteiger partial charge in [-0.3, -0.25) is 19.4 Å². The number of hydrogen-bond donors (Lipinski definition) is 2. The number of nitrogens with one attached hydrogen (secondary N) is 1. The topological polar surface area (TPSA) is 130 Å². The highest BCUT2D eigenvalue weighted by Crippen LogP contribution is 2.37. The summed E-state index contributed by atoms with van der Waals surface area (Å²) in [7, 11) is -2.31. The number of amides is 1. The van der Waals surface area contributed by atoms with Crippen LogP contribution in [0.1, 0.15) is 36.9 Å². The minimum atomic E-state index is -4.13. The predicted molar refractivity (Wildman–Crippen MR) is 151 cm³/mol. The van der Waals surface area contributed by atoms with Crippen LogP contribution in [0, 0.1) is 6.92 Å². The lowest BCUT2D eigenvalue weighted by atomic mass is 9.84. The lowest BCUT2D eigenvalue weighted by Crippen LogP contribution is -2.59. The first kappa shape index (κ1) is 27.8. The molecule has 3 aliphatic heterocycles. The molecule has 3 aliphatic rings. The van der Waals surface area contributed by atoms with Crippen molar-refractivity contribution in [1.82, 2.24) is 29.3 Å². The average Bonchev–Trinajstić information content (AvgIpc) is 3.57. The van der Waals surface area contributed by atoms with Crippen molar-refractivity contribution in [2.24, 2.45) is 7.05 Å². The number of aliphatic hydroxyl groups excluding tert-OH is 1. The summed E-state index contributed by atoms with van der Waals surface area (Å²) in [4.78, 5) is 20.6. The zero-order chi connectivity index (χ0) is 28.8. The summed E-state index contributed by atoms with van der Waals surface area (Å²) in [5, 5.41) is 18.0. The minimum Gasteiger partial charge on any atom is -0.492 e. The highest BCUT2D eigenvalue weighted by Gasteiger charge is 2.47. The van der Waals surface area contributed by atoms with E-state index < -0.39 is 27.7 Å². The van der Waals surface area contributed by atoms with Crippen LogP contribution >= 0.6 is 0 Å². The van der Waals surface area contributed by atoms with E-state index in [1.165, 1.54) is 6.07 Å². The number of likely N-dealkylation sites (tertiary alicyclic amines) is 1. The smallest absolute Gasteiger partial charge is 0.247 e. The summed E-state index contributed by atoms with van der Waals surface area (Å²) < 4.78 is 36.9. The van der Waals surface area contributed by atoms with Gasteiger partial charge in [0.15, 0.2) is 0 Å². The van der Waals surface area contributed by atoms with E-state index >= 15 is 0 Å². The molecule has 1 aromatic carbocycles. The fourth-order valence-electron chi connectivity index (χ4n) is 6.17. The quantitative estimate of drug-likeness (QED) is 0.480. The third-order valence-electron chi connectivity index (χ3n) is 8.64. The summed E-state index contributed by atoms with van der Waals surface area (Å²) in [6.07, 6.45) is 6.41. The molecule has 2 fully saturated rings. The summed E-state index contributed by atoms with van der Waals surface area (Å²) in [5.41, 5.74) is 3.25. The molecule has 2 N–H and O–H groups in total. The summed E-state index contributed by atoms with van der Waals surface area (Å²) >= 11 is 0. The fourth-order valence-corrected chi connectivity index (χ4v) is 7.92. The molecule has 6 rings (SSSR count). The van der Waals surface area contributed by atoms with Gasteiger partial charge in [0.1, 0.15) is 16.7 Å². The Hall–Kier alpha value is -3.32. The largest absolute Gasteiger partial charge is 0.492 e. The molecule has 0 saturated carbocycles. The summed E-state index contributed by atoms with van der Waals surface area (Å²) in [5.74, 6) is -0.131. The van der Waals surface area contributed by atoms with Gasteiger partial charge in [-0.05, 0) is 49.1 Å². The molecule has 2 atom stereocenters. The first-order valence-corrected chi connectivity index (χ1v) is 15.5. The molecule has 1 spiro atoms. The van der Waals surface area contributed by atoms with Crippen LogP contribution in [-0.4, -0.2) is 87.3 Å². The van der Waals surface area contributed by atoms with Gasteiger partial charge in [-0.25, -0.2) is 8.42 Å². The lowest BCUT2D eigenvalue weighted by Gasteiger charge is -2.43. The second-order valence-electron chi connectivity index (χ2n) is 11.5. The van der Waals surface area contributed by atoms with Crippen LogP contribution in [0.15, 0.2) is 53.8 Å². The van der Waals surface area contributed by atoms with Gasteiger partial charge in [-0.2, -0.15) is 9.40 Å². The number of benzene rings is 1. The van der Waals surface area contributed by atoms with Gasteiger partial charge >= 0.3 is 0 Å². The van der Waals surface area contributed by atoms with Gasteiger partial charge in [-0.15, -0.1) is 0 Å². The Morgan fingerprint density at radius 3 is 2.71 bits per heavy atom. The molecule has 2 saturated heterocycles. The number of fused-ring (bicyclic) bond motifs is 2. The Labute approximate surface area is 240 Å². The number of aryl methyl sites for hydroxylation is 2. The predicted octanol–water partition coefficient (Wildman–Crippen LogP) is 1.85. The van der Waals surface area contributed by atoms with Gasteiger partial charge in [0.2, 0.25) is 15.9 Å². The second-order valence-corrected chi connectivity index (χ2v) is 13.3. The van der Waals surface area contributed by atoms with Crippen LogP contribution in [0.25, 0.3) is 11.1 Å². The highest BCUT2D eigenvalue weighted by molar-refractivity contribution is 7.89. The molecule has 218 valence electrons. The van der Waals surface area contributed by atoms with Crippen molar-refractivity contribution < 1.29 is 23.1 Å². The van der Waals surface area contributed by atoms with E-state index in [2.05, 4.69) is 33.3 Å². The van der Waals surface area contributed by atoms with E-state index in [-0.39, 0.29) is 36.1 Å². The van der Waals surface area contributed by atoms with E-state index in [0.717, 1.165) is 46.3 Å². The number of aliphatic hydroxyl groups is 1. The van der Waals surface area contributed by atoms with E-state index in [4.69, 9.17) is 4.74 Å². The molecule has 1 amide bonds. The molecular weight excluding hydrogens is 544 g/mol. The Morgan fingerprint density at radius 1 is 1.17 bits per heavy atom. The number of nitrogens with zero attached hydrogens (tertiary/aromatic N) is 5. The van der Waals surface area contributed by atoms with Crippen molar-refractivity contribution in [1.29, 1.82) is 0 Å². The number of carbonyl (C=O) groups excluding carboxylic acids is 1. The van der Waals surface area contributed by atoms with Crippen LogP contribution in [0.4, 0.5) is 0 Å². The number of hydrogen-bond acceptors (Lipinski definition) is 8. The number of carbonyl (C=O) groups is 1. The first-order chi connectivity index (χ1) is 19.6. The Kier molecular flexibility index (Phi) is 7.35. The maximum Gasteiger partial charge on any atom is 0.247 e. The molecule has 0 bridgehead atoms. The Morgan fingerprint density at radius 2 is 1.98 bits per heavy atom. The van der Waals surface area contributed by atoms with E-state index in [1.807, 2.05) is 25.5 Å². The highest BCUT2D eigenvalue weighted by atomic mass is 32.2. The molecule has 5 heterocycles. The van der Waals surface area contributed by atoms with E-state index in [9.17, 15) is 18.3 Å². The Balaban J connectivity index is 1.30. The van der Waals surface area contributed by atoms with Crippen LogP contribution in [-0.2, 0) is 28.4 Å². The van der Waals surface area contributed by atoms with Gasteiger partial charge in [0.25, 0.3) is 0 Å². The standard InChI is InChI=1S/C29H36N6O5S/c1-20-4-3-10-30-24(20)19-34-11-7-29(8-12-34)9-13-40-26-14-21(22-16-31-33(2)17-22)5-6-27(26)41(38,39)35-18-23(36)15-25(35)28(37)32-29/h3-6,10,14,16-17,23,25,36H,7-9,11-13,15,18-19H2,1-2H3,(H,32,37)/t23-,25+/m1/s1. The summed E-state index contributed by atoms with van der Waals surface area (Å²) in [6, 6.07) is 7.97. The van der Waals surface area contributed by atoms with Crippen molar-refractivity contribution in [3.05, 3.63) is 60.2 Å². The third kappa shape index (κ3) is 5.49. The number of pyridine rings is 1. The van der Waals surface area contributed by atoms with E-state index in [0.29, 0.717) is 19.3 Å². The third-order valence-corrected chi connectivity index (χ3v) is 10.5. The molecule has 12 heteroatoms. The number of aromatic nitrogens is 3. The van der Waals surface area contributed by atoms with Crippen molar-refractivity contribution in [2.75, 3.05) is 26.2 Å². The minimum absolute atomic E-state index is 0.00598. The zero-order valence-corrected chi connectivity index (χ0v) is 24.2. The van der Waals surface area contributed by atoms with Crippen molar-refractivity contribution >= 4 is 15.9 Å². The zero-order valence-electron chi connectivity index (χ0n) is 23.4. The van der Waals surface area contributed by atoms with Crippen LogP contribution in [0.5, 0.6) is 5.75 Å². The fraction of sp³-hybridized carbons (Fsp3) is 0.483. The molecule has 0 radical (unpaired) electrons. The summed E-state index contributed by atoms with van der Waals surface area (Å²) in [6.45, 7) is 4.41.